The number of halogens is 1. The molecule has 19 heavy (non-hydrogen) atoms. The molecule has 2 aromatic rings. The standard InChI is InChI=1S/C14H15ClN2O2/c1-17-12(11(15)8-16-17)13(18)14-10-5-3-2-4-9(10)6-7-19-14/h2-5,8,13-14,18H,6-7H2,1H3. The number of hydrogen-bond donors (Lipinski definition) is 1. The van der Waals surface area contributed by atoms with E-state index in [1.165, 1.54) is 11.8 Å². The summed E-state index contributed by atoms with van der Waals surface area (Å²) in [6, 6.07) is 8.03. The summed E-state index contributed by atoms with van der Waals surface area (Å²) >= 11 is 6.09. The van der Waals surface area contributed by atoms with Crippen LogP contribution in [0.2, 0.25) is 5.02 Å². The van der Waals surface area contributed by atoms with Crippen LogP contribution in [-0.4, -0.2) is 21.5 Å². The second-order valence-corrected chi connectivity index (χ2v) is 5.09. The third kappa shape index (κ3) is 2.16. The molecule has 0 amide bonds. The van der Waals surface area contributed by atoms with Crippen LogP contribution < -0.4 is 0 Å². The molecule has 2 unspecified atom stereocenters. The number of aryl methyl sites for hydroxylation is 1. The zero-order valence-corrected chi connectivity index (χ0v) is 11.3. The predicted molar refractivity (Wildman–Crippen MR) is 72.0 cm³/mol. The maximum absolute atomic E-state index is 10.6. The van der Waals surface area contributed by atoms with Crippen LogP contribution in [0.15, 0.2) is 30.5 Å². The third-order valence-electron chi connectivity index (χ3n) is 3.53. The Hall–Kier alpha value is -1.36. The lowest BCUT2D eigenvalue weighted by molar-refractivity contribution is -0.0512. The lowest BCUT2D eigenvalue weighted by atomic mass is 9.93. The fourth-order valence-corrected chi connectivity index (χ4v) is 2.86. The van der Waals surface area contributed by atoms with Crippen molar-refractivity contribution in [2.45, 2.75) is 18.6 Å². The summed E-state index contributed by atoms with van der Waals surface area (Å²) in [4.78, 5) is 0. The summed E-state index contributed by atoms with van der Waals surface area (Å²) in [5.74, 6) is 0. The van der Waals surface area contributed by atoms with Crippen LogP contribution in [0.25, 0.3) is 0 Å². The van der Waals surface area contributed by atoms with Gasteiger partial charge in [-0.2, -0.15) is 5.10 Å². The van der Waals surface area contributed by atoms with Crippen molar-refractivity contribution in [3.05, 3.63) is 52.3 Å². The summed E-state index contributed by atoms with van der Waals surface area (Å²) < 4.78 is 7.34. The lowest BCUT2D eigenvalue weighted by Gasteiger charge is -2.29. The SMILES string of the molecule is Cn1ncc(Cl)c1C(O)C1OCCc2ccccc21. The van der Waals surface area contributed by atoms with E-state index in [4.69, 9.17) is 16.3 Å². The summed E-state index contributed by atoms with van der Waals surface area (Å²) in [5.41, 5.74) is 2.83. The van der Waals surface area contributed by atoms with Gasteiger partial charge in [0.1, 0.15) is 12.2 Å². The minimum Gasteiger partial charge on any atom is -0.384 e. The molecule has 5 heteroatoms. The van der Waals surface area contributed by atoms with Crippen LogP contribution in [0.4, 0.5) is 0 Å². The van der Waals surface area contributed by atoms with Gasteiger partial charge in [-0.1, -0.05) is 35.9 Å². The number of hydrogen-bond acceptors (Lipinski definition) is 3. The molecule has 100 valence electrons. The highest BCUT2D eigenvalue weighted by molar-refractivity contribution is 6.31. The molecule has 0 fully saturated rings. The zero-order chi connectivity index (χ0) is 13.4. The Morgan fingerprint density at radius 1 is 1.47 bits per heavy atom. The topological polar surface area (TPSA) is 47.3 Å². The molecule has 1 N–H and O–H groups in total. The Balaban J connectivity index is 2.00. The van der Waals surface area contributed by atoms with Gasteiger partial charge in [0.05, 0.1) is 23.5 Å². The maximum Gasteiger partial charge on any atom is 0.127 e. The molecule has 0 saturated heterocycles. The first-order chi connectivity index (χ1) is 9.18. The van der Waals surface area contributed by atoms with Crippen molar-refractivity contribution < 1.29 is 9.84 Å². The van der Waals surface area contributed by atoms with Gasteiger partial charge in [-0.15, -0.1) is 0 Å². The number of ether oxygens (including phenoxy) is 1. The fourth-order valence-electron chi connectivity index (χ4n) is 2.58. The number of benzene rings is 1. The highest BCUT2D eigenvalue weighted by Gasteiger charge is 2.31. The third-order valence-corrected chi connectivity index (χ3v) is 3.83. The largest absolute Gasteiger partial charge is 0.384 e. The Morgan fingerprint density at radius 3 is 3.00 bits per heavy atom. The van der Waals surface area contributed by atoms with E-state index >= 15 is 0 Å². The monoisotopic (exact) mass is 278 g/mol. The molecule has 0 aliphatic carbocycles. The summed E-state index contributed by atoms with van der Waals surface area (Å²) in [6.07, 6.45) is 1.20. The van der Waals surface area contributed by atoms with Crippen molar-refractivity contribution in [2.75, 3.05) is 6.61 Å². The van der Waals surface area contributed by atoms with Crippen molar-refractivity contribution in [1.82, 2.24) is 9.78 Å². The number of rotatable bonds is 2. The second kappa shape index (κ2) is 4.96. The zero-order valence-electron chi connectivity index (χ0n) is 10.6. The van der Waals surface area contributed by atoms with Gasteiger partial charge in [-0.05, 0) is 17.5 Å². The molecule has 1 aliphatic rings. The van der Waals surface area contributed by atoms with Gasteiger partial charge in [0.15, 0.2) is 0 Å². The minimum atomic E-state index is -0.818. The van der Waals surface area contributed by atoms with E-state index < -0.39 is 12.2 Å². The molecule has 3 rings (SSSR count). The van der Waals surface area contributed by atoms with Gasteiger partial charge in [-0.3, -0.25) is 4.68 Å². The highest BCUT2D eigenvalue weighted by Crippen LogP contribution is 2.38. The van der Waals surface area contributed by atoms with E-state index in [1.807, 2.05) is 18.2 Å². The van der Waals surface area contributed by atoms with Crippen molar-refractivity contribution in [1.29, 1.82) is 0 Å². The van der Waals surface area contributed by atoms with Gasteiger partial charge in [0, 0.05) is 7.05 Å². The fraction of sp³-hybridized carbons (Fsp3) is 0.357. The normalized spacial score (nSPS) is 20.1. The van der Waals surface area contributed by atoms with E-state index in [9.17, 15) is 5.11 Å². The summed E-state index contributed by atoms with van der Waals surface area (Å²) in [6.45, 7) is 0.605. The van der Waals surface area contributed by atoms with Gasteiger partial charge < -0.3 is 9.84 Å². The Bertz CT molecular complexity index is 577. The van der Waals surface area contributed by atoms with Crippen molar-refractivity contribution >= 4 is 11.6 Å². The molecular formula is C14H15ClN2O2. The molecular weight excluding hydrogens is 264 g/mol. The highest BCUT2D eigenvalue weighted by atomic mass is 35.5. The van der Waals surface area contributed by atoms with Crippen molar-refractivity contribution in [2.24, 2.45) is 7.05 Å². The van der Waals surface area contributed by atoms with Crippen LogP contribution in [0.5, 0.6) is 0 Å². The average Bonchev–Trinajstić information content (AvgIpc) is 2.77. The Kier molecular flexibility index (Phi) is 3.31. The molecule has 0 spiro atoms. The van der Waals surface area contributed by atoms with E-state index in [0.717, 1.165) is 12.0 Å². The predicted octanol–water partition coefficient (Wildman–Crippen LogP) is 2.42. The first-order valence-corrected chi connectivity index (χ1v) is 6.61. The van der Waals surface area contributed by atoms with Crippen LogP contribution >= 0.6 is 11.6 Å². The molecule has 1 aromatic heterocycles. The molecule has 0 saturated carbocycles. The maximum atomic E-state index is 10.6. The van der Waals surface area contributed by atoms with Crippen LogP contribution in [0.1, 0.15) is 29.0 Å². The number of aliphatic hydroxyl groups excluding tert-OH is 1. The van der Waals surface area contributed by atoms with E-state index in [-0.39, 0.29) is 0 Å². The van der Waals surface area contributed by atoms with Crippen molar-refractivity contribution in [3.63, 3.8) is 0 Å². The first-order valence-electron chi connectivity index (χ1n) is 6.23. The number of aliphatic hydroxyl groups is 1. The average molecular weight is 279 g/mol. The molecule has 2 heterocycles. The van der Waals surface area contributed by atoms with Crippen LogP contribution in [0, 0.1) is 0 Å². The van der Waals surface area contributed by atoms with E-state index in [0.29, 0.717) is 17.3 Å². The molecule has 1 aromatic carbocycles. The van der Waals surface area contributed by atoms with Gasteiger partial charge in [0.2, 0.25) is 0 Å². The molecule has 1 aliphatic heterocycles. The Morgan fingerprint density at radius 2 is 2.26 bits per heavy atom. The molecule has 0 radical (unpaired) electrons. The number of aromatic nitrogens is 2. The second-order valence-electron chi connectivity index (χ2n) is 4.69. The van der Waals surface area contributed by atoms with E-state index in [2.05, 4.69) is 11.2 Å². The van der Waals surface area contributed by atoms with Gasteiger partial charge >= 0.3 is 0 Å². The van der Waals surface area contributed by atoms with Crippen molar-refractivity contribution in [3.8, 4) is 0 Å². The number of fused-ring (bicyclic) bond motifs is 1. The van der Waals surface area contributed by atoms with Gasteiger partial charge in [0.25, 0.3) is 0 Å². The van der Waals surface area contributed by atoms with Gasteiger partial charge in [-0.25, -0.2) is 0 Å². The quantitative estimate of drug-likeness (QED) is 0.918. The molecule has 2 atom stereocenters. The van der Waals surface area contributed by atoms with E-state index in [1.54, 1.807) is 11.7 Å². The van der Waals surface area contributed by atoms with Crippen LogP contribution in [0.3, 0.4) is 0 Å². The Labute approximate surface area is 116 Å². The summed E-state index contributed by atoms with van der Waals surface area (Å²) in [7, 11) is 1.76. The summed E-state index contributed by atoms with van der Waals surface area (Å²) in [5, 5.41) is 15.1. The van der Waals surface area contributed by atoms with Crippen LogP contribution in [-0.2, 0) is 18.2 Å². The minimum absolute atomic E-state index is 0.391. The molecule has 0 bridgehead atoms. The number of nitrogens with zero attached hydrogens (tertiary/aromatic N) is 2. The lowest BCUT2D eigenvalue weighted by Crippen LogP contribution is -2.23. The molecule has 4 nitrogen and oxygen atoms in total. The first kappa shape index (κ1) is 12.7. The smallest absolute Gasteiger partial charge is 0.127 e.